The number of aromatic hydroxyl groups is 8. The third kappa shape index (κ3) is 19.3. The Bertz CT molecular complexity index is 4590. The van der Waals surface area contributed by atoms with Crippen molar-refractivity contribution in [2.75, 3.05) is 11.5 Å². The van der Waals surface area contributed by atoms with Crippen LogP contribution in [0.25, 0.3) is 10.8 Å². The summed E-state index contributed by atoms with van der Waals surface area (Å²) in [4.78, 5) is 15.7. The molecule has 0 aromatic heterocycles. The summed E-state index contributed by atoms with van der Waals surface area (Å²) >= 11 is 0. The maximum atomic E-state index is 10.1. The Morgan fingerprint density at radius 3 is 0.703 bits per heavy atom. The quantitative estimate of drug-likeness (QED) is 0.0529. The standard InChI is InChI=1S/C20H18OS.C18H14O3S.C18H14O2S.C18H14OS.C14H14OS/c1-15-13-19(14-16(2)20(15)21)22(17-9-5-3-6-10-17)18-11-7-4-8-12-18;19-13-1-7-16(8-2-13)22(17-9-3-14(20)4-10-17)18-11-5-15(21)6-12-18;19-14-6-10-17(11-7-14)21(16-4-2-1-3-5-16)18-12-8-15(20)9-13-18;19-15-11-13-18(14-12-15)20(16-7-3-1-4-8-16)17-9-5-2-6-10-17;15-13-7-8-14(16-9-3-4-10-16)12-6-2-1-5-11(12)13/h3-14H,1-2H3;1-12H,(H2-,19,20,21);1-13H,(H-,19,20);1-14H;1-2,5-8H,3-4,9-10H2/p+5. The molecule has 0 radical (unpaired) electrons. The zero-order valence-corrected chi connectivity index (χ0v) is 59.9. The van der Waals surface area contributed by atoms with Gasteiger partial charge in [-0.1, -0.05) is 109 Å². The van der Waals surface area contributed by atoms with E-state index in [0.29, 0.717) is 28.1 Å². The highest BCUT2D eigenvalue weighted by molar-refractivity contribution is 7.98. The lowest BCUT2D eigenvalue weighted by Gasteiger charge is -2.10. The van der Waals surface area contributed by atoms with Crippen LogP contribution < -0.4 is 0 Å². The highest BCUT2D eigenvalue weighted by atomic mass is 32.2. The molecule has 504 valence electrons. The predicted molar refractivity (Wildman–Crippen MR) is 417 cm³/mol. The van der Waals surface area contributed by atoms with E-state index in [2.05, 4.69) is 140 Å². The second-order valence-corrected chi connectivity index (χ2v) is 33.7. The molecule has 1 aliphatic rings. The average Bonchev–Trinajstić information content (AvgIpc) is 1.54. The van der Waals surface area contributed by atoms with Gasteiger partial charge in [0.05, 0.1) is 43.6 Å². The van der Waals surface area contributed by atoms with Gasteiger partial charge in [-0.15, -0.1) is 0 Å². The molecule has 15 rings (SSSR count). The van der Waals surface area contributed by atoms with Crippen molar-refractivity contribution in [3.63, 3.8) is 0 Å². The second-order valence-electron chi connectivity index (χ2n) is 23.4. The molecular formula is C88H79O8S5+5. The summed E-state index contributed by atoms with van der Waals surface area (Å²) in [5, 5.41) is 79.1. The molecule has 14 aromatic rings. The van der Waals surface area contributed by atoms with Crippen molar-refractivity contribution in [3.8, 4) is 46.0 Å². The largest absolute Gasteiger partial charge is 0.508 e. The van der Waals surface area contributed by atoms with Gasteiger partial charge in [-0.05, 0) is 262 Å². The number of fused-ring (bicyclic) bond motifs is 1. The van der Waals surface area contributed by atoms with E-state index in [1.54, 1.807) is 72.8 Å². The lowest BCUT2D eigenvalue weighted by Crippen LogP contribution is -2.05. The number of hydrogen-bond donors (Lipinski definition) is 8. The van der Waals surface area contributed by atoms with Crippen molar-refractivity contribution in [2.24, 2.45) is 0 Å². The Kier molecular flexibility index (Phi) is 25.2. The number of rotatable bonds is 13. The molecule has 0 amide bonds. The van der Waals surface area contributed by atoms with Gasteiger partial charge in [-0.25, -0.2) is 0 Å². The van der Waals surface area contributed by atoms with Gasteiger partial charge < -0.3 is 40.9 Å². The van der Waals surface area contributed by atoms with Gasteiger partial charge in [0.25, 0.3) is 0 Å². The van der Waals surface area contributed by atoms with Crippen LogP contribution in [0.4, 0.5) is 0 Å². The maximum Gasteiger partial charge on any atom is 0.167 e. The molecule has 1 aliphatic heterocycles. The molecule has 14 aromatic carbocycles. The van der Waals surface area contributed by atoms with Gasteiger partial charge >= 0.3 is 0 Å². The van der Waals surface area contributed by atoms with Crippen LogP contribution in [0.1, 0.15) is 24.0 Å². The molecule has 0 aliphatic carbocycles. The van der Waals surface area contributed by atoms with Crippen molar-refractivity contribution in [3.05, 3.63) is 357 Å². The van der Waals surface area contributed by atoms with Gasteiger partial charge in [0.1, 0.15) is 57.5 Å². The van der Waals surface area contributed by atoms with E-state index in [4.69, 9.17) is 0 Å². The normalized spacial score (nSPS) is 11.7. The monoisotopic (exact) mass is 1420 g/mol. The van der Waals surface area contributed by atoms with Crippen LogP contribution in [0.2, 0.25) is 0 Å². The molecule has 0 unspecified atom stereocenters. The van der Waals surface area contributed by atoms with E-state index >= 15 is 0 Å². The molecule has 101 heavy (non-hydrogen) atoms. The van der Waals surface area contributed by atoms with Gasteiger partial charge in [0.2, 0.25) is 0 Å². The average molecular weight is 1420 g/mol. The highest BCUT2D eigenvalue weighted by Gasteiger charge is 2.33. The molecule has 8 nitrogen and oxygen atoms in total. The fourth-order valence-corrected chi connectivity index (χ4v) is 22.3. The SMILES string of the molecule is Cc1cc([S+](c2ccccc2)c2ccccc2)cc(C)c1O.Oc1ccc([S+](c2ccc(O)cc2)c2ccc(O)cc2)cc1.Oc1ccc([S+](c2ccccc2)c2ccc(O)cc2)cc1.Oc1ccc([S+](c2ccccc2)c2ccccc2)cc1.Oc1ccc([S+]2CCCC2)c2ccccc12. The van der Waals surface area contributed by atoms with E-state index in [9.17, 15) is 40.9 Å². The molecule has 0 atom stereocenters. The third-order valence-corrected chi connectivity index (χ3v) is 27.7. The molecule has 1 heterocycles. The third-order valence-electron chi connectivity index (χ3n) is 16.2. The number of phenols is 8. The second kappa shape index (κ2) is 35.5. The highest BCUT2D eigenvalue weighted by Crippen LogP contribution is 2.39. The number of hydrogen-bond acceptors (Lipinski definition) is 8. The number of benzene rings is 14. The van der Waals surface area contributed by atoms with Crippen LogP contribution in [0.5, 0.6) is 46.0 Å². The first-order valence-corrected chi connectivity index (χ1v) is 39.4. The predicted octanol–water partition coefficient (Wildman–Crippen LogP) is 21.0. The van der Waals surface area contributed by atoms with Gasteiger partial charge in [-0.2, -0.15) is 0 Å². The van der Waals surface area contributed by atoms with Crippen LogP contribution in [0, 0.1) is 13.8 Å². The van der Waals surface area contributed by atoms with Crippen molar-refractivity contribution >= 4 is 65.2 Å². The minimum absolute atomic E-state index is 0.134. The lowest BCUT2D eigenvalue weighted by molar-refractivity contribution is 0.466. The fraction of sp³-hybridized carbons (Fsp3) is 0.0682. The van der Waals surface area contributed by atoms with Gasteiger partial charge in [0.15, 0.2) is 63.6 Å². The van der Waals surface area contributed by atoms with E-state index in [0.717, 1.165) is 41.0 Å². The van der Waals surface area contributed by atoms with E-state index < -0.39 is 0 Å². The van der Waals surface area contributed by atoms with Crippen LogP contribution in [-0.4, -0.2) is 52.4 Å². The van der Waals surface area contributed by atoms with Crippen LogP contribution >= 0.6 is 0 Å². The topological polar surface area (TPSA) is 162 Å². The first-order chi connectivity index (χ1) is 49.2. The minimum atomic E-state index is -0.373. The Balaban J connectivity index is 0.000000128. The summed E-state index contributed by atoms with van der Waals surface area (Å²) in [6, 6.07) is 112. The first-order valence-electron chi connectivity index (χ1n) is 32.9. The van der Waals surface area contributed by atoms with Crippen molar-refractivity contribution in [2.45, 2.75) is 90.3 Å². The molecular weight excluding hydrogens is 1350 g/mol. The molecule has 13 heteroatoms. The smallest absolute Gasteiger partial charge is 0.167 e. The van der Waals surface area contributed by atoms with E-state index in [1.165, 1.54) is 68.9 Å². The summed E-state index contributed by atoms with van der Waals surface area (Å²) in [6.07, 6.45) is 2.72. The Labute approximate surface area is 606 Å². The summed E-state index contributed by atoms with van der Waals surface area (Å²) in [5.74, 6) is 4.97. The van der Waals surface area contributed by atoms with Crippen LogP contribution in [0.15, 0.2) is 409 Å². The number of phenolic OH excluding ortho intramolecular Hbond substituents is 8. The summed E-state index contributed by atoms with van der Waals surface area (Å²) in [7, 11) is -0.499. The van der Waals surface area contributed by atoms with Gasteiger partial charge in [0, 0.05) is 33.8 Å². The molecule has 1 saturated heterocycles. The molecule has 0 spiro atoms. The maximum absolute atomic E-state index is 10.1. The molecule has 0 bridgehead atoms. The lowest BCUT2D eigenvalue weighted by atomic mass is 10.1. The zero-order chi connectivity index (χ0) is 70.5. The molecule has 8 N–H and O–H groups in total. The van der Waals surface area contributed by atoms with Crippen molar-refractivity contribution in [1.29, 1.82) is 0 Å². The van der Waals surface area contributed by atoms with E-state index in [-0.39, 0.29) is 72.3 Å². The van der Waals surface area contributed by atoms with E-state index in [1.807, 2.05) is 147 Å². The Morgan fingerprint density at radius 1 is 0.228 bits per heavy atom. The van der Waals surface area contributed by atoms with Crippen LogP contribution in [-0.2, 0) is 54.5 Å². The fourth-order valence-electron chi connectivity index (χ4n) is 11.3. The minimum Gasteiger partial charge on any atom is -0.508 e. The molecule has 1 fully saturated rings. The zero-order valence-electron chi connectivity index (χ0n) is 55.9. The first kappa shape index (κ1) is 71.8. The summed E-state index contributed by atoms with van der Waals surface area (Å²) < 4.78 is 0. The summed E-state index contributed by atoms with van der Waals surface area (Å²) in [6.45, 7) is 3.92. The van der Waals surface area contributed by atoms with Crippen molar-refractivity contribution in [1.82, 2.24) is 0 Å². The van der Waals surface area contributed by atoms with Gasteiger partial charge in [-0.3, -0.25) is 0 Å². The Morgan fingerprint density at radius 2 is 0.446 bits per heavy atom. The van der Waals surface area contributed by atoms with Crippen LogP contribution in [0.3, 0.4) is 0 Å². The summed E-state index contributed by atoms with van der Waals surface area (Å²) in [5.41, 5.74) is 1.86. The van der Waals surface area contributed by atoms with Crippen molar-refractivity contribution < 1.29 is 40.9 Å². The Hall–Kier alpha value is -10.5. The molecule has 0 saturated carbocycles. The number of aryl methyl sites for hydroxylation is 2.